The van der Waals surface area contributed by atoms with Crippen molar-refractivity contribution in [2.24, 2.45) is 11.1 Å². The topological polar surface area (TPSA) is 85.8 Å². The maximum Gasteiger partial charge on any atom is 0.231 e. The van der Waals surface area contributed by atoms with E-state index < -0.39 is 5.41 Å². The minimum atomic E-state index is -0.574. The normalized spacial score (nSPS) is 13.8. The molecule has 106 valence electrons. The van der Waals surface area contributed by atoms with Crippen molar-refractivity contribution in [3.8, 4) is 5.69 Å². The SMILES string of the molecule is CCC(C)(CN)C(=O)Nc1ccccc1-n1cncn1. The highest BCUT2D eigenvalue weighted by atomic mass is 16.2. The minimum absolute atomic E-state index is 0.0879. The summed E-state index contributed by atoms with van der Waals surface area (Å²) in [4.78, 5) is 16.3. The molecule has 1 unspecified atom stereocenters. The van der Waals surface area contributed by atoms with Crippen LogP contribution in [0.3, 0.4) is 0 Å². The van der Waals surface area contributed by atoms with E-state index >= 15 is 0 Å². The number of hydrogen-bond acceptors (Lipinski definition) is 4. The van der Waals surface area contributed by atoms with Gasteiger partial charge in [-0.25, -0.2) is 9.67 Å². The van der Waals surface area contributed by atoms with E-state index in [4.69, 9.17) is 5.73 Å². The van der Waals surface area contributed by atoms with E-state index in [1.54, 1.807) is 11.0 Å². The smallest absolute Gasteiger partial charge is 0.231 e. The van der Waals surface area contributed by atoms with Crippen LogP contribution in [0.25, 0.3) is 5.69 Å². The fourth-order valence-corrected chi connectivity index (χ4v) is 1.78. The number of para-hydroxylation sites is 2. The van der Waals surface area contributed by atoms with Gasteiger partial charge in [-0.1, -0.05) is 19.1 Å². The number of benzene rings is 1. The van der Waals surface area contributed by atoms with Crippen molar-refractivity contribution in [2.45, 2.75) is 20.3 Å². The Hall–Kier alpha value is -2.21. The van der Waals surface area contributed by atoms with Crippen molar-refractivity contribution >= 4 is 11.6 Å². The average Bonchev–Trinajstić information content (AvgIpc) is 3.01. The van der Waals surface area contributed by atoms with Crippen LogP contribution in [0.15, 0.2) is 36.9 Å². The highest BCUT2D eigenvalue weighted by Gasteiger charge is 2.30. The van der Waals surface area contributed by atoms with Crippen molar-refractivity contribution in [1.29, 1.82) is 0 Å². The second-order valence-corrected chi connectivity index (χ2v) is 4.93. The molecule has 2 aromatic rings. The first-order valence-corrected chi connectivity index (χ1v) is 6.56. The lowest BCUT2D eigenvalue weighted by Gasteiger charge is -2.25. The molecule has 1 aromatic carbocycles. The molecule has 1 amide bonds. The van der Waals surface area contributed by atoms with Crippen LogP contribution in [0, 0.1) is 5.41 Å². The summed E-state index contributed by atoms with van der Waals surface area (Å²) in [5.41, 5.74) is 6.61. The Labute approximate surface area is 118 Å². The van der Waals surface area contributed by atoms with E-state index in [2.05, 4.69) is 15.4 Å². The summed E-state index contributed by atoms with van der Waals surface area (Å²) in [6.07, 6.45) is 3.72. The van der Waals surface area contributed by atoms with Crippen LogP contribution in [-0.2, 0) is 4.79 Å². The lowest BCUT2D eigenvalue weighted by atomic mass is 9.86. The highest BCUT2D eigenvalue weighted by molar-refractivity contribution is 5.96. The first-order chi connectivity index (χ1) is 9.60. The summed E-state index contributed by atoms with van der Waals surface area (Å²) in [7, 11) is 0. The number of hydrogen-bond donors (Lipinski definition) is 2. The lowest BCUT2D eigenvalue weighted by molar-refractivity contribution is -0.124. The molecule has 0 spiro atoms. The second kappa shape index (κ2) is 5.83. The van der Waals surface area contributed by atoms with Crippen molar-refractivity contribution in [2.75, 3.05) is 11.9 Å². The van der Waals surface area contributed by atoms with Gasteiger partial charge in [0.1, 0.15) is 12.7 Å². The maximum absolute atomic E-state index is 12.4. The van der Waals surface area contributed by atoms with Crippen LogP contribution in [0.2, 0.25) is 0 Å². The maximum atomic E-state index is 12.4. The van der Waals surface area contributed by atoms with Gasteiger partial charge in [-0.2, -0.15) is 5.10 Å². The Kier molecular flexibility index (Phi) is 4.14. The molecule has 0 aliphatic carbocycles. The van der Waals surface area contributed by atoms with E-state index in [0.717, 1.165) is 5.69 Å². The molecule has 20 heavy (non-hydrogen) atoms. The summed E-state index contributed by atoms with van der Waals surface area (Å²) in [5.74, 6) is -0.0879. The van der Waals surface area contributed by atoms with Crippen LogP contribution < -0.4 is 11.1 Å². The predicted octanol–water partition coefficient (Wildman–Crippen LogP) is 1.58. The molecular formula is C14H19N5O. The molecule has 2 rings (SSSR count). The molecule has 3 N–H and O–H groups in total. The van der Waals surface area contributed by atoms with Gasteiger partial charge >= 0.3 is 0 Å². The van der Waals surface area contributed by atoms with Gasteiger partial charge in [-0.15, -0.1) is 0 Å². The molecule has 0 radical (unpaired) electrons. The van der Waals surface area contributed by atoms with E-state index in [9.17, 15) is 4.79 Å². The first kappa shape index (κ1) is 14.2. The van der Waals surface area contributed by atoms with Gasteiger partial charge in [0.2, 0.25) is 5.91 Å². The van der Waals surface area contributed by atoms with Crippen molar-refractivity contribution in [1.82, 2.24) is 14.8 Å². The lowest BCUT2D eigenvalue weighted by Crippen LogP contribution is -2.39. The molecule has 6 heteroatoms. The number of carbonyl (C=O) groups is 1. The Morgan fingerprint density at radius 2 is 2.20 bits per heavy atom. The standard InChI is InChI=1S/C14H19N5O/c1-3-14(2,8-15)13(20)18-11-6-4-5-7-12(11)19-10-16-9-17-19/h4-7,9-10H,3,8,15H2,1-2H3,(H,18,20). The molecule has 1 atom stereocenters. The van der Waals surface area contributed by atoms with Crippen molar-refractivity contribution in [3.63, 3.8) is 0 Å². The highest BCUT2D eigenvalue weighted by Crippen LogP contribution is 2.25. The zero-order chi connectivity index (χ0) is 14.6. The fraction of sp³-hybridized carbons (Fsp3) is 0.357. The molecule has 1 heterocycles. The number of aromatic nitrogens is 3. The van der Waals surface area contributed by atoms with E-state index in [1.165, 1.54) is 6.33 Å². The molecule has 0 aliphatic heterocycles. The number of nitrogens with one attached hydrogen (secondary N) is 1. The van der Waals surface area contributed by atoms with Crippen LogP contribution in [-0.4, -0.2) is 27.2 Å². The molecule has 0 aliphatic rings. The van der Waals surface area contributed by atoms with E-state index in [-0.39, 0.29) is 5.91 Å². The summed E-state index contributed by atoms with van der Waals surface area (Å²) in [6, 6.07) is 7.45. The molecule has 6 nitrogen and oxygen atoms in total. The van der Waals surface area contributed by atoms with Gasteiger partial charge in [0.05, 0.1) is 16.8 Å². The largest absolute Gasteiger partial charge is 0.329 e. The monoisotopic (exact) mass is 273 g/mol. The predicted molar refractivity (Wildman–Crippen MR) is 77.4 cm³/mol. The summed E-state index contributed by atoms with van der Waals surface area (Å²) in [5, 5.41) is 7.02. The van der Waals surface area contributed by atoms with Gasteiger partial charge in [0.15, 0.2) is 0 Å². The zero-order valence-corrected chi connectivity index (χ0v) is 11.7. The van der Waals surface area contributed by atoms with Gasteiger partial charge in [0, 0.05) is 6.54 Å². The fourth-order valence-electron chi connectivity index (χ4n) is 1.78. The number of rotatable bonds is 5. The van der Waals surface area contributed by atoms with Gasteiger partial charge in [0.25, 0.3) is 0 Å². The Morgan fingerprint density at radius 3 is 2.80 bits per heavy atom. The molecule has 0 saturated carbocycles. The minimum Gasteiger partial charge on any atom is -0.329 e. The third kappa shape index (κ3) is 2.70. The van der Waals surface area contributed by atoms with Crippen LogP contribution in [0.1, 0.15) is 20.3 Å². The zero-order valence-electron chi connectivity index (χ0n) is 11.7. The average molecular weight is 273 g/mol. The Bertz CT molecular complexity index is 575. The second-order valence-electron chi connectivity index (χ2n) is 4.93. The number of amides is 1. The molecule has 1 aromatic heterocycles. The first-order valence-electron chi connectivity index (χ1n) is 6.56. The number of carbonyl (C=O) groups excluding carboxylic acids is 1. The van der Waals surface area contributed by atoms with Crippen LogP contribution in [0.4, 0.5) is 5.69 Å². The molecule has 0 fully saturated rings. The summed E-state index contributed by atoms with van der Waals surface area (Å²) >= 11 is 0. The van der Waals surface area contributed by atoms with E-state index in [1.807, 2.05) is 38.1 Å². The van der Waals surface area contributed by atoms with Crippen molar-refractivity contribution in [3.05, 3.63) is 36.9 Å². The summed E-state index contributed by atoms with van der Waals surface area (Å²) < 4.78 is 1.61. The third-order valence-corrected chi connectivity index (χ3v) is 3.60. The molecule has 0 saturated heterocycles. The number of nitrogens with two attached hydrogens (primary N) is 1. The molecule has 0 bridgehead atoms. The van der Waals surface area contributed by atoms with Crippen LogP contribution >= 0.6 is 0 Å². The van der Waals surface area contributed by atoms with E-state index in [0.29, 0.717) is 18.7 Å². The quantitative estimate of drug-likeness (QED) is 0.866. The van der Waals surface area contributed by atoms with Gasteiger partial charge in [-0.05, 0) is 25.5 Å². The Morgan fingerprint density at radius 1 is 1.45 bits per heavy atom. The summed E-state index contributed by atoms with van der Waals surface area (Å²) in [6.45, 7) is 4.12. The van der Waals surface area contributed by atoms with Crippen LogP contribution in [0.5, 0.6) is 0 Å². The number of nitrogens with zero attached hydrogens (tertiary/aromatic N) is 3. The Balaban J connectivity index is 2.29. The molecular weight excluding hydrogens is 254 g/mol. The number of anilines is 1. The van der Waals surface area contributed by atoms with Crippen molar-refractivity contribution < 1.29 is 4.79 Å². The van der Waals surface area contributed by atoms with Gasteiger partial charge in [-0.3, -0.25) is 4.79 Å². The van der Waals surface area contributed by atoms with Gasteiger partial charge < -0.3 is 11.1 Å². The third-order valence-electron chi connectivity index (χ3n) is 3.60.